The minimum atomic E-state index is -4.93. The van der Waals surface area contributed by atoms with Gasteiger partial charge >= 0.3 is 64.5 Å². The third-order valence-corrected chi connectivity index (χ3v) is 2.17. The van der Waals surface area contributed by atoms with Crippen LogP contribution >= 0.6 is 0 Å². The fourth-order valence-corrected chi connectivity index (χ4v) is 1.57. The van der Waals surface area contributed by atoms with E-state index < -0.39 is 18.7 Å². The topological polar surface area (TPSA) is 29.5 Å². The number of carbonyl (C=O) groups excluding carboxylic acids is 1. The summed E-state index contributed by atoms with van der Waals surface area (Å²) in [4.78, 5) is 12.9. The molecule has 0 aliphatic carbocycles. The Morgan fingerprint density at radius 1 is 1.39 bits per heavy atom. The van der Waals surface area contributed by atoms with Crippen molar-refractivity contribution in [1.82, 2.24) is 4.90 Å². The van der Waals surface area contributed by atoms with E-state index in [2.05, 4.69) is 0 Å². The smallest absolute Gasteiger partial charge is 0.445 e. The van der Waals surface area contributed by atoms with Gasteiger partial charge in [0, 0.05) is 13.1 Å². The van der Waals surface area contributed by atoms with Crippen LogP contribution in [-0.2, 0) is 4.74 Å². The Kier molecular flexibility index (Phi) is 6.97. The first-order valence-corrected chi connectivity index (χ1v) is 5.45. The second kappa shape index (κ2) is 6.79. The van der Waals surface area contributed by atoms with Crippen molar-refractivity contribution in [3.63, 3.8) is 0 Å². The van der Waals surface area contributed by atoms with Crippen LogP contribution in [0.25, 0.3) is 0 Å². The number of hydrogen-bond donors (Lipinski definition) is 0. The van der Waals surface area contributed by atoms with Crippen LogP contribution in [0, 0.1) is 0 Å². The molecular formula is C10H16BF3KNO2. The zero-order valence-electron chi connectivity index (χ0n) is 11.2. The second-order valence-electron chi connectivity index (χ2n) is 5.10. The standard InChI is InChI=1S/C10H16BF3NO2.K/c1-10(2,3)17-9(16)15-5-4-8(7-15)6-11(12,13)14;/h6H,4-5,7H2,1-3H3;/q-1;+1/b8-6+;. The van der Waals surface area contributed by atoms with Crippen LogP contribution in [0.15, 0.2) is 11.5 Å². The van der Waals surface area contributed by atoms with Gasteiger partial charge in [0.2, 0.25) is 0 Å². The van der Waals surface area contributed by atoms with Gasteiger partial charge in [0.1, 0.15) is 5.60 Å². The summed E-state index contributed by atoms with van der Waals surface area (Å²) in [5.41, 5.74) is -0.388. The number of halogens is 3. The zero-order chi connectivity index (χ0) is 13.3. The van der Waals surface area contributed by atoms with E-state index in [-0.39, 0.29) is 76.5 Å². The number of hydrogen-bond acceptors (Lipinski definition) is 2. The maximum absolute atomic E-state index is 12.2. The van der Waals surface area contributed by atoms with Crippen LogP contribution in [0.2, 0.25) is 0 Å². The zero-order valence-corrected chi connectivity index (χ0v) is 14.3. The molecule has 0 unspecified atom stereocenters. The van der Waals surface area contributed by atoms with Crippen LogP contribution in [0.4, 0.5) is 17.7 Å². The summed E-state index contributed by atoms with van der Waals surface area (Å²) in [7, 11) is 0. The molecule has 3 nitrogen and oxygen atoms in total. The summed E-state index contributed by atoms with van der Waals surface area (Å²) in [5.74, 6) is 0.324. The number of likely N-dealkylation sites (tertiary alicyclic amines) is 1. The summed E-state index contributed by atoms with van der Waals surface area (Å²) in [6.45, 7) is 0.522. The first-order valence-electron chi connectivity index (χ1n) is 5.45. The number of carbonyl (C=O) groups is 1. The summed E-state index contributed by atoms with van der Waals surface area (Å²) in [6.07, 6.45) is -0.295. The van der Waals surface area contributed by atoms with E-state index in [9.17, 15) is 17.7 Å². The van der Waals surface area contributed by atoms with Gasteiger partial charge in [-0.3, -0.25) is 0 Å². The molecule has 1 fully saturated rings. The molecule has 0 N–H and O–H groups in total. The van der Waals surface area contributed by atoms with Gasteiger partial charge in [0.05, 0.1) is 0 Å². The largest absolute Gasteiger partial charge is 1.00 e. The number of amides is 1. The molecule has 98 valence electrons. The summed E-state index contributed by atoms with van der Waals surface area (Å²) >= 11 is 0. The van der Waals surface area contributed by atoms with Gasteiger partial charge in [0.15, 0.2) is 0 Å². The van der Waals surface area contributed by atoms with E-state index >= 15 is 0 Å². The van der Waals surface area contributed by atoms with E-state index in [1.54, 1.807) is 20.8 Å². The predicted molar refractivity (Wildman–Crippen MR) is 59.6 cm³/mol. The van der Waals surface area contributed by atoms with Gasteiger partial charge in [-0.2, -0.15) is 0 Å². The third kappa shape index (κ3) is 7.18. The Morgan fingerprint density at radius 2 is 1.94 bits per heavy atom. The fourth-order valence-electron chi connectivity index (χ4n) is 1.57. The number of rotatable bonds is 1. The second-order valence-corrected chi connectivity index (χ2v) is 5.10. The van der Waals surface area contributed by atoms with E-state index in [0.717, 1.165) is 0 Å². The molecule has 0 aromatic heterocycles. The van der Waals surface area contributed by atoms with Crippen molar-refractivity contribution < 1.29 is 73.9 Å². The van der Waals surface area contributed by atoms with Gasteiger partial charge in [-0.25, -0.2) is 4.79 Å². The molecule has 18 heavy (non-hydrogen) atoms. The molecule has 1 rings (SSSR count). The average molecular weight is 289 g/mol. The molecule has 0 spiro atoms. The molecule has 0 radical (unpaired) electrons. The molecule has 0 saturated carbocycles. The molecule has 1 saturated heterocycles. The Bertz CT molecular complexity index is 339. The van der Waals surface area contributed by atoms with Crippen LogP contribution in [-0.4, -0.2) is 36.7 Å². The summed E-state index contributed by atoms with van der Waals surface area (Å²) in [6, 6.07) is 0. The van der Waals surface area contributed by atoms with Crippen LogP contribution in [0.3, 0.4) is 0 Å². The summed E-state index contributed by atoms with van der Waals surface area (Å²) < 4.78 is 41.6. The van der Waals surface area contributed by atoms with Crippen molar-refractivity contribution >= 4 is 13.1 Å². The molecule has 1 aliphatic heterocycles. The predicted octanol–water partition coefficient (Wildman–Crippen LogP) is -0.0558. The van der Waals surface area contributed by atoms with Crippen LogP contribution < -0.4 is 51.4 Å². The Balaban J connectivity index is 0.00000289. The van der Waals surface area contributed by atoms with Crippen molar-refractivity contribution in [2.45, 2.75) is 32.8 Å². The first kappa shape index (κ1) is 18.5. The van der Waals surface area contributed by atoms with Gasteiger partial charge in [-0.15, -0.1) is 5.98 Å². The normalized spacial score (nSPS) is 18.8. The monoisotopic (exact) mass is 289 g/mol. The molecule has 0 aromatic rings. The quantitative estimate of drug-likeness (QED) is 0.633. The first-order chi connectivity index (χ1) is 7.57. The van der Waals surface area contributed by atoms with Crippen LogP contribution in [0.5, 0.6) is 0 Å². The third-order valence-electron chi connectivity index (χ3n) is 2.17. The molecule has 0 bridgehead atoms. The Labute approximate surface area is 148 Å². The Hall–Kier alpha value is 0.501. The average Bonchev–Trinajstić information content (AvgIpc) is 2.45. The Morgan fingerprint density at radius 3 is 2.39 bits per heavy atom. The SMILES string of the molecule is CC(C)(C)OC(=O)N1CC/C(=C\[B-](F)(F)F)C1.[K+]. The molecule has 0 aromatic carbocycles. The molecule has 1 aliphatic rings. The molecule has 8 heteroatoms. The van der Waals surface area contributed by atoms with Crippen molar-refractivity contribution in [2.24, 2.45) is 0 Å². The minimum absolute atomic E-state index is 0. The maximum atomic E-state index is 12.2. The maximum Gasteiger partial charge on any atom is 1.00 e. The van der Waals surface area contributed by atoms with Gasteiger partial charge in [-0.1, -0.05) is 5.57 Å². The van der Waals surface area contributed by atoms with Crippen LogP contribution in [0.1, 0.15) is 27.2 Å². The van der Waals surface area contributed by atoms with Gasteiger partial charge < -0.3 is 22.6 Å². The molecule has 1 heterocycles. The van der Waals surface area contributed by atoms with E-state index in [4.69, 9.17) is 4.74 Å². The minimum Gasteiger partial charge on any atom is -0.445 e. The fraction of sp³-hybridized carbons (Fsp3) is 0.700. The van der Waals surface area contributed by atoms with E-state index in [1.807, 2.05) is 0 Å². The number of nitrogens with zero attached hydrogens (tertiary/aromatic N) is 1. The van der Waals surface area contributed by atoms with E-state index in [0.29, 0.717) is 5.98 Å². The molecular weight excluding hydrogens is 273 g/mol. The van der Waals surface area contributed by atoms with Crippen molar-refractivity contribution in [1.29, 1.82) is 0 Å². The number of ether oxygens (including phenoxy) is 1. The van der Waals surface area contributed by atoms with Crippen molar-refractivity contribution in [3.05, 3.63) is 11.5 Å². The van der Waals surface area contributed by atoms with Gasteiger partial charge in [0.25, 0.3) is 0 Å². The van der Waals surface area contributed by atoms with Crippen molar-refractivity contribution in [3.8, 4) is 0 Å². The van der Waals surface area contributed by atoms with Gasteiger partial charge in [-0.05, 0) is 27.2 Å². The van der Waals surface area contributed by atoms with E-state index in [1.165, 1.54) is 4.90 Å². The summed E-state index contributed by atoms with van der Waals surface area (Å²) in [5, 5.41) is 0. The van der Waals surface area contributed by atoms with Crippen molar-refractivity contribution in [2.75, 3.05) is 13.1 Å². The molecule has 1 amide bonds. The molecule has 0 atom stereocenters.